The van der Waals surface area contributed by atoms with Crippen LogP contribution in [0.3, 0.4) is 0 Å². The number of rotatable bonds is 2. The molecule has 2 aromatic rings. The van der Waals surface area contributed by atoms with Gasteiger partial charge in [-0.1, -0.05) is 60.7 Å². The molecule has 1 aromatic heterocycles. The normalized spacial score (nSPS) is 11.0. The Balaban J connectivity index is 2.13. The van der Waals surface area contributed by atoms with Gasteiger partial charge in [-0.3, -0.25) is 4.79 Å². The summed E-state index contributed by atoms with van der Waals surface area (Å²) in [6.07, 6.45) is 0. The Bertz CT molecular complexity index is 1020. The molecular weight excluding hydrogens is 286 g/mol. The second-order valence-electron chi connectivity index (χ2n) is 5.43. The van der Waals surface area contributed by atoms with Gasteiger partial charge in [0.15, 0.2) is 0 Å². The molecule has 3 heteroatoms. The Kier molecular flexibility index (Phi) is 3.12. The van der Waals surface area contributed by atoms with Crippen LogP contribution in [0.1, 0.15) is 0 Å². The maximum absolute atomic E-state index is 13.0. The monoisotopic (exact) mass is 301 g/mol. The van der Waals surface area contributed by atoms with E-state index in [1.807, 2.05) is 66.7 Å². The lowest BCUT2D eigenvalue weighted by atomic mass is 10.1. The van der Waals surface area contributed by atoms with Gasteiger partial charge in [0.1, 0.15) is 7.11 Å². The van der Waals surface area contributed by atoms with Crippen molar-refractivity contribution in [3.05, 3.63) is 83.2 Å². The van der Waals surface area contributed by atoms with Crippen LogP contribution < -0.4 is 10.4 Å². The first-order valence-corrected chi connectivity index (χ1v) is 7.47. The summed E-state index contributed by atoms with van der Waals surface area (Å²) in [7, 11) is 1.52. The second-order valence-corrected chi connectivity index (χ2v) is 5.43. The molecule has 0 saturated carbocycles. The molecular formula is C20H15NO2. The fourth-order valence-electron chi connectivity index (χ4n) is 3.07. The van der Waals surface area contributed by atoms with Gasteiger partial charge in [-0.15, -0.1) is 4.73 Å². The first-order valence-electron chi connectivity index (χ1n) is 7.47. The van der Waals surface area contributed by atoms with E-state index < -0.39 is 0 Å². The summed E-state index contributed by atoms with van der Waals surface area (Å²) in [4.78, 5) is 18.4. The number of benzene rings is 1. The molecule has 0 atom stereocenters. The van der Waals surface area contributed by atoms with E-state index in [2.05, 4.69) is 6.07 Å². The largest absolute Gasteiger partial charge is 0.413 e. The quantitative estimate of drug-likeness (QED) is 0.563. The van der Waals surface area contributed by atoms with Crippen molar-refractivity contribution >= 4 is 10.8 Å². The number of hydrogen-bond acceptors (Lipinski definition) is 2. The van der Waals surface area contributed by atoms with Gasteiger partial charge in [0.2, 0.25) is 0 Å². The minimum absolute atomic E-state index is 0.134. The van der Waals surface area contributed by atoms with Gasteiger partial charge < -0.3 is 4.84 Å². The SMILES string of the molecule is COn1c(-c2ccccc2)cc2cc3cccccc-3c2c1=O. The molecule has 0 radical (unpaired) electrons. The second kappa shape index (κ2) is 5.29. The highest BCUT2D eigenvalue weighted by molar-refractivity contribution is 6.02. The Morgan fingerprint density at radius 1 is 0.826 bits per heavy atom. The average molecular weight is 301 g/mol. The average Bonchev–Trinajstić information content (AvgIpc) is 2.77. The Morgan fingerprint density at radius 2 is 1.48 bits per heavy atom. The molecule has 0 amide bonds. The van der Waals surface area contributed by atoms with E-state index >= 15 is 0 Å². The van der Waals surface area contributed by atoms with Gasteiger partial charge >= 0.3 is 0 Å². The number of pyridine rings is 1. The Morgan fingerprint density at radius 3 is 2.17 bits per heavy atom. The highest BCUT2D eigenvalue weighted by atomic mass is 16.6. The van der Waals surface area contributed by atoms with Gasteiger partial charge in [0, 0.05) is 5.56 Å². The summed E-state index contributed by atoms with van der Waals surface area (Å²) in [6, 6.07) is 23.7. The first-order chi connectivity index (χ1) is 11.3. The van der Waals surface area contributed by atoms with Crippen molar-refractivity contribution in [2.75, 3.05) is 7.11 Å². The lowest BCUT2D eigenvalue weighted by Crippen LogP contribution is -2.26. The van der Waals surface area contributed by atoms with E-state index in [-0.39, 0.29) is 5.56 Å². The Hall–Kier alpha value is -3.07. The third kappa shape index (κ3) is 2.09. The van der Waals surface area contributed by atoms with E-state index in [1.165, 1.54) is 11.8 Å². The predicted octanol–water partition coefficient (Wildman–Crippen LogP) is 3.83. The summed E-state index contributed by atoms with van der Waals surface area (Å²) < 4.78 is 1.37. The molecule has 1 heterocycles. The molecule has 0 bridgehead atoms. The van der Waals surface area contributed by atoms with Crippen LogP contribution in [-0.2, 0) is 0 Å². The number of fused-ring (bicyclic) bond motifs is 3. The smallest absolute Gasteiger partial charge is 0.292 e. The minimum Gasteiger partial charge on any atom is -0.413 e. The molecule has 112 valence electrons. The molecule has 23 heavy (non-hydrogen) atoms. The zero-order valence-electron chi connectivity index (χ0n) is 12.7. The number of aromatic nitrogens is 1. The highest BCUT2D eigenvalue weighted by Crippen LogP contribution is 2.33. The molecule has 0 aliphatic heterocycles. The number of nitrogens with zero attached hydrogens (tertiary/aromatic N) is 1. The lowest BCUT2D eigenvalue weighted by Gasteiger charge is -2.11. The molecule has 1 aromatic carbocycles. The topological polar surface area (TPSA) is 31.2 Å². The van der Waals surface area contributed by atoms with E-state index in [4.69, 9.17) is 4.84 Å². The molecule has 2 aliphatic rings. The van der Waals surface area contributed by atoms with Crippen LogP contribution in [0.5, 0.6) is 0 Å². The molecule has 3 nitrogen and oxygen atoms in total. The van der Waals surface area contributed by atoms with E-state index in [1.54, 1.807) is 0 Å². The minimum atomic E-state index is -0.134. The maximum Gasteiger partial charge on any atom is 0.292 e. The third-order valence-electron chi connectivity index (χ3n) is 4.10. The fraction of sp³-hybridized carbons (Fsp3) is 0.0500. The van der Waals surface area contributed by atoms with Crippen molar-refractivity contribution < 1.29 is 4.84 Å². The zero-order valence-corrected chi connectivity index (χ0v) is 12.7. The summed E-state index contributed by atoms with van der Waals surface area (Å²) in [6.45, 7) is 0. The standard InChI is InChI=1S/C20H15NO2/c1-23-21-18(14-8-4-2-5-9-14)13-16-12-15-10-6-3-7-11-17(15)19(16)20(21)22/h2-13H,1H3. The predicted molar refractivity (Wildman–Crippen MR) is 92.8 cm³/mol. The van der Waals surface area contributed by atoms with Crippen LogP contribution in [0.4, 0.5) is 0 Å². The van der Waals surface area contributed by atoms with Gasteiger partial charge in [-0.2, -0.15) is 0 Å². The molecule has 0 unspecified atom stereocenters. The molecule has 0 N–H and O–H groups in total. The molecule has 0 spiro atoms. The van der Waals surface area contributed by atoms with Crippen LogP contribution in [0.25, 0.3) is 33.2 Å². The van der Waals surface area contributed by atoms with E-state index in [0.717, 1.165) is 27.8 Å². The maximum atomic E-state index is 13.0. The molecule has 2 aliphatic carbocycles. The first kappa shape index (κ1) is 13.6. The van der Waals surface area contributed by atoms with Crippen LogP contribution >= 0.6 is 0 Å². The zero-order chi connectivity index (χ0) is 15.8. The molecule has 4 rings (SSSR count). The Labute approximate surface area is 133 Å². The molecule has 0 fully saturated rings. The van der Waals surface area contributed by atoms with Crippen LogP contribution in [-0.4, -0.2) is 11.8 Å². The van der Waals surface area contributed by atoms with Crippen molar-refractivity contribution in [3.8, 4) is 22.4 Å². The van der Waals surface area contributed by atoms with Gasteiger partial charge in [0.05, 0.1) is 11.1 Å². The van der Waals surface area contributed by atoms with E-state index in [0.29, 0.717) is 5.39 Å². The van der Waals surface area contributed by atoms with Crippen molar-refractivity contribution in [1.29, 1.82) is 0 Å². The van der Waals surface area contributed by atoms with Gasteiger partial charge in [0.25, 0.3) is 5.56 Å². The van der Waals surface area contributed by atoms with Crippen LogP contribution in [0.2, 0.25) is 0 Å². The lowest BCUT2D eigenvalue weighted by molar-refractivity contribution is 0.163. The van der Waals surface area contributed by atoms with Crippen molar-refractivity contribution in [2.45, 2.75) is 0 Å². The highest BCUT2D eigenvalue weighted by Gasteiger charge is 2.17. The van der Waals surface area contributed by atoms with Crippen LogP contribution in [0, 0.1) is 0 Å². The van der Waals surface area contributed by atoms with Crippen molar-refractivity contribution in [2.24, 2.45) is 0 Å². The van der Waals surface area contributed by atoms with E-state index in [9.17, 15) is 4.79 Å². The van der Waals surface area contributed by atoms with Gasteiger partial charge in [-0.25, -0.2) is 0 Å². The summed E-state index contributed by atoms with van der Waals surface area (Å²) in [5.74, 6) is 0. The summed E-state index contributed by atoms with van der Waals surface area (Å²) in [5, 5.41) is 1.63. The van der Waals surface area contributed by atoms with Crippen molar-refractivity contribution in [3.63, 3.8) is 0 Å². The van der Waals surface area contributed by atoms with Crippen LogP contribution in [0.15, 0.2) is 77.6 Å². The summed E-state index contributed by atoms with van der Waals surface area (Å²) >= 11 is 0. The number of hydrogen-bond donors (Lipinski definition) is 0. The fourth-order valence-corrected chi connectivity index (χ4v) is 3.07. The summed E-state index contributed by atoms with van der Waals surface area (Å²) in [5.41, 5.74) is 3.56. The van der Waals surface area contributed by atoms with Gasteiger partial charge in [-0.05, 0) is 28.6 Å². The van der Waals surface area contributed by atoms with Crippen molar-refractivity contribution in [1.82, 2.24) is 4.73 Å². The molecule has 0 saturated heterocycles. The third-order valence-corrected chi connectivity index (χ3v) is 4.10.